The van der Waals surface area contributed by atoms with Gasteiger partial charge in [-0.25, -0.2) is 9.97 Å². The van der Waals surface area contributed by atoms with Crippen LogP contribution in [0.3, 0.4) is 0 Å². The molecule has 1 unspecified atom stereocenters. The molecule has 2 rings (SSSR count). The molecule has 0 bridgehead atoms. The molecule has 24 heavy (non-hydrogen) atoms. The zero-order valence-corrected chi connectivity index (χ0v) is 16.9. The van der Waals surface area contributed by atoms with Gasteiger partial charge in [0, 0.05) is 23.5 Å². The molecule has 0 saturated heterocycles. The van der Waals surface area contributed by atoms with Gasteiger partial charge in [0.1, 0.15) is 10.1 Å². The first kappa shape index (κ1) is 21.3. The number of aromatic nitrogens is 2. The lowest BCUT2D eigenvalue weighted by Gasteiger charge is -2.05. The van der Waals surface area contributed by atoms with Crippen LogP contribution in [0.15, 0.2) is 34.6 Å². The highest BCUT2D eigenvalue weighted by molar-refractivity contribution is 7.98. The van der Waals surface area contributed by atoms with Crippen LogP contribution in [0.5, 0.6) is 0 Å². The van der Waals surface area contributed by atoms with Crippen LogP contribution in [0.1, 0.15) is 35.9 Å². The Morgan fingerprint density at radius 2 is 1.58 bits per heavy atom. The SMILES string of the molecule is CSc1ncc(C(C)=O)cc1Cl.CSc1ncc(C(C)O)cc1Cl. The molecule has 0 aliphatic heterocycles. The van der Waals surface area contributed by atoms with Crippen LogP contribution in [0.25, 0.3) is 0 Å². The van der Waals surface area contributed by atoms with Crippen LogP contribution >= 0.6 is 46.7 Å². The van der Waals surface area contributed by atoms with Gasteiger partial charge in [-0.05, 0) is 38.5 Å². The third-order valence-electron chi connectivity index (χ3n) is 2.91. The highest BCUT2D eigenvalue weighted by Gasteiger charge is 2.06. The zero-order valence-electron chi connectivity index (χ0n) is 13.7. The Kier molecular flexibility index (Phi) is 9.08. The van der Waals surface area contributed by atoms with E-state index in [0.717, 1.165) is 15.6 Å². The van der Waals surface area contributed by atoms with Gasteiger partial charge in [0.25, 0.3) is 0 Å². The van der Waals surface area contributed by atoms with E-state index in [4.69, 9.17) is 23.2 Å². The summed E-state index contributed by atoms with van der Waals surface area (Å²) in [6.07, 6.45) is 6.48. The Hall–Kier alpha value is -0.790. The van der Waals surface area contributed by atoms with E-state index < -0.39 is 6.10 Å². The van der Waals surface area contributed by atoms with Crippen molar-refractivity contribution in [2.45, 2.75) is 30.0 Å². The molecule has 0 fully saturated rings. The molecular weight excluding hydrogens is 387 g/mol. The maximum Gasteiger partial charge on any atom is 0.161 e. The highest BCUT2D eigenvalue weighted by atomic mass is 35.5. The summed E-state index contributed by atoms with van der Waals surface area (Å²) in [5.74, 6) is -0.0166. The maximum atomic E-state index is 10.9. The van der Waals surface area contributed by atoms with E-state index in [1.807, 2.05) is 12.5 Å². The maximum absolute atomic E-state index is 10.9. The van der Waals surface area contributed by atoms with Crippen molar-refractivity contribution in [3.8, 4) is 0 Å². The molecule has 0 radical (unpaired) electrons. The predicted octanol–water partition coefficient (Wildman–Crippen LogP) is 5.17. The molecule has 0 aliphatic carbocycles. The summed E-state index contributed by atoms with van der Waals surface area (Å²) >= 11 is 14.7. The van der Waals surface area contributed by atoms with E-state index in [9.17, 15) is 9.90 Å². The molecule has 1 atom stereocenters. The van der Waals surface area contributed by atoms with Gasteiger partial charge in [0.05, 0.1) is 16.1 Å². The van der Waals surface area contributed by atoms with Crippen molar-refractivity contribution in [2.24, 2.45) is 0 Å². The second-order valence-electron chi connectivity index (χ2n) is 4.71. The lowest BCUT2D eigenvalue weighted by Crippen LogP contribution is -1.93. The van der Waals surface area contributed by atoms with Crippen LogP contribution in [0.2, 0.25) is 10.0 Å². The topological polar surface area (TPSA) is 63.1 Å². The van der Waals surface area contributed by atoms with E-state index in [0.29, 0.717) is 15.6 Å². The standard InChI is InChI=1S/C8H10ClNOS.C8H8ClNOS/c2*1-5(11)6-3-7(9)8(12-2)10-4-6/h3-5,11H,1-2H3;3-4H,1-2H3. The minimum atomic E-state index is -0.508. The van der Waals surface area contributed by atoms with Crippen molar-refractivity contribution in [3.05, 3.63) is 45.7 Å². The van der Waals surface area contributed by atoms with Crippen molar-refractivity contribution in [3.63, 3.8) is 0 Å². The van der Waals surface area contributed by atoms with Crippen LogP contribution in [-0.4, -0.2) is 33.4 Å². The molecule has 1 N–H and O–H groups in total. The molecule has 0 amide bonds. The van der Waals surface area contributed by atoms with Gasteiger partial charge >= 0.3 is 0 Å². The Morgan fingerprint density at radius 3 is 1.96 bits per heavy atom. The van der Waals surface area contributed by atoms with Crippen LogP contribution in [0, 0.1) is 0 Å². The number of thioether (sulfide) groups is 2. The van der Waals surface area contributed by atoms with Crippen molar-refractivity contribution >= 4 is 52.5 Å². The second-order valence-corrected chi connectivity index (χ2v) is 7.11. The third kappa shape index (κ3) is 6.26. The fraction of sp³-hybridized carbons (Fsp3) is 0.312. The number of ketones is 1. The number of Topliss-reactive ketones (excluding diaryl/α,β-unsaturated/α-hetero) is 1. The fourth-order valence-electron chi connectivity index (χ4n) is 1.59. The lowest BCUT2D eigenvalue weighted by molar-refractivity contribution is 0.101. The monoisotopic (exact) mass is 404 g/mol. The molecule has 2 heterocycles. The summed E-state index contributed by atoms with van der Waals surface area (Å²) in [5.41, 5.74) is 1.30. The molecule has 0 aromatic carbocycles. The van der Waals surface area contributed by atoms with Gasteiger partial charge in [-0.3, -0.25) is 4.79 Å². The van der Waals surface area contributed by atoms with Crippen molar-refractivity contribution in [1.82, 2.24) is 9.97 Å². The summed E-state index contributed by atoms with van der Waals surface area (Å²) in [4.78, 5) is 19.0. The number of nitrogens with zero attached hydrogens (tertiary/aromatic N) is 2. The van der Waals surface area contributed by atoms with Gasteiger partial charge < -0.3 is 5.11 Å². The van der Waals surface area contributed by atoms with E-state index in [2.05, 4.69) is 9.97 Å². The van der Waals surface area contributed by atoms with Crippen molar-refractivity contribution in [1.29, 1.82) is 0 Å². The number of hydrogen-bond acceptors (Lipinski definition) is 6. The van der Waals surface area contributed by atoms with E-state index in [-0.39, 0.29) is 5.78 Å². The molecular formula is C16H18Cl2N2O2S2. The second kappa shape index (κ2) is 10.3. The first-order valence-electron chi connectivity index (χ1n) is 6.88. The third-order valence-corrected chi connectivity index (χ3v) is 5.14. The lowest BCUT2D eigenvalue weighted by atomic mass is 10.2. The minimum absolute atomic E-state index is 0.0166. The summed E-state index contributed by atoms with van der Waals surface area (Å²) in [6, 6.07) is 3.38. The number of aliphatic hydroxyl groups excluding tert-OH is 1. The largest absolute Gasteiger partial charge is 0.389 e. The first-order chi connectivity index (χ1) is 11.3. The highest BCUT2D eigenvalue weighted by Crippen LogP contribution is 2.25. The fourth-order valence-corrected chi connectivity index (χ4v) is 3.22. The summed E-state index contributed by atoms with van der Waals surface area (Å²) in [5, 5.41) is 11.9. The Balaban J connectivity index is 0.000000240. The average molecular weight is 405 g/mol. The number of carbonyl (C=O) groups excluding carboxylic acids is 1. The average Bonchev–Trinajstić information content (AvgIpc) is 2.55. The zero-order chi connectivity index (χ0) is 18.3. The minimum Gasteiger partial charge on any atom is -0.389 e. The normalized spacial score (nSPS) is 11.5. The molecule has 4 nitrogen and oxygen atoms in total. The molecule has 130 valence electrons. The van der Waals surface area contributed by atoms with Crippen LogP contribution in [-0.2, 0) is 0 Å². The number of rotatable bonds is 4. The predicted molar refractivity (Wildman–Crippen MR) is 103 cm³/mol. The van der Waals surface area contributed by atoms with Gasteiger partial charge in [-0.2, -0.15) is 0 Å². The summed E-state index contributed by atoms with van der Waals surface area (Å²) in [7, 11) is 0. The quantitative estimate of drug-likeness (QED) is 0.559. The van der Waals surface area contributed by atoms with Crippen molar-refractivity contribution in [2.75, 3.05) is 12.5 Å². The van der Waals surface area contributed by atoms with Crippen LogP contribution < -0.4 is 0 Å². The molecule has 2 aromatic heterocycles. The van der Waals surface area contributed by atoms with Gasteiger partial charge in [0.2, 0.25) is 0 Å². The Labute approximate surface area is 160 Å². The van der Waals surface area contributed by atoms with Crippen LogP contribution in [0.4, 0.5) is 0 Å². The number of pyridine rings is 2. The molecule has 8 heteroatoms. The number of hydrogen-bond donors (Lipinski definition) is 1. The molecule has 0 saturated carbocycles. The van der Waals surface area contributed by atoms with Crippen molar-refractivity contribution < 1.29 is 9.90 Å². The Bertz CT molecular complexity index is 712. The van der Waals surface area contributed by atoms with Gasteiger partial charge in [-0.15, -0.1) is 23.5 Å². The van der Waals surface area contributed by atoms with E-state index >= 15 is 0 Å². The molecule has 0 aliphatic rings. The number of carbonyl (C=O) groups is 1. The summed E-state index contributed by atoms with van der Waals surface area (Å²) in [6.45, 7) is 3.18. The van der Waals surface area contributed by atoms with E-state index in [1.165, 1.54) is 30.4 Å². The molecule has 2 aromatic rings. The first-order valence-corrected chi connectivity index (χ1v) is 10.1. The number of halogens is 2. The molecule has 0 spiro atoms. The van der Waals surface area contributed by atoms with Gasteiger partial charge in [0.15, 0.2) is 5.78 Å². The van der Waals surface area contributed by atoms with E-state index in [1.54, 1.807) is 31.5 Å². The van der Waals surface area contributed by atoms with Gasteiger partial charge in [-0.1, -0.05) is 23.2 Å². The Morgan fingerprint density at radius 1 is 1.08 bits per heavy atom. The number of aliphatic hydroxyl groups is 1. The summed E-state index contributed by atoms with van der Waals surface area (Å²) < 4.78 is 0. The smallest absolute Gasteiger partial charge is 0.161 e.